The Balaban J connectivity index is 1.60. The molecular weight excluding hydrogens is 471 g/mol. The van der Waals surface area contributed by atoms with Gasteiger partial charge in [0, 0.05) is 12.2 Å². The lowest BCUT2D eigenvalue weighted by molar-refractivity contribution is -0.194. The van der Waals surface area contributed by atoms with Crippen molar-refractivity contribution < 1.29 is 37.7 Å². The first-order valence-electron chi connectivity index (χ1n) is 11.3. The number of ether oxygens (including phenoxy) is 4. The number of alkyl halides is 1. The van der Waals surface area contributed by atoms with Crippen molar-refractivity contribution in [1.82, 2.24) is 10.2 Å². The second-order valence-corrected chi connectivity index (χ2v) is 8.05. The lowest BCUT2D eigenvalue weighted by Crippen LogP contribution is -2.72. The van der Waals surface area contributed by atoms with E-state index in [1.807, 2.05) is 0 Å². The average molecular weight is 501 g/mol. The second kappa shape index (κ2) is 12.2. The van der Waals surface area contributed by atoms with E-state index in [2.05, 4.69) is 11.9 Å². The van der Waals surface area contributed by atoms with Crippen LogP contribution in [0.3, 0.4) is 0 Å². The van der Waals surface area contributed by atoms with Crippen LogP contribution in [0.1, 0.15) is 31.3 Å². The number of methoxy groups -OCH3 is 1. The summed E-state index contributed by atoms with van der Waals surface area (Å²) in [6.07, 6.45) is -3.99. The molecule has 10 heteroatoms. The van der Waals surface area contributed by atoms with E-state index < -0.39 is 42.6 Å². The van der Waals surface area contributed by atoms with Crippen LogP contribution in [0, 0.1) is 0 Å². The molecule has 0 aliphatic carbocycles. The number of halogens is 1. The number of benzene rings is 2. The maximum absolute atomic E-state index is 15.0. The zero-order valence-electron chi connectivity index (χ0n) is 20.3. The number of carbonyl (C=O) groups is 3. The monoisotopic (exact) mass is 500 g/mol. The molecule has 0 aromatic heterocycles. The topological polar surface area (TPSA) is 103 Å². The van der Waals surface area contributed by atoms with Gasteiger partial charge in [0.05, 0.1) is 7.11 Å². The first kappa shape index (κ1) is 26.7. The third kappa shape index (κ3) is 6.19. The van der Waals surface area contributed by atoms with Crippen molar-refractivity contribution in [2.45, 2.75) is 45.1 Å². The molecule has 2 amide bonds. The summed E-state index contributed by atoms with van der Waals surface area (Å²) in [6.45, 7) is 7.10. The molecule has 4 unspecified atom stereocenters. The van der Waals surface area contributed by atoms with E-state index >= 15 is 4.39 Å². The van der Waals surface area contributed by atoms with Crippen molar-refractivity contribution in [3.63, 3.8) is 0 Å². The van der Waals surface area contributed by atoms with Crippen LogP contribution < -0.4 is 10.1 Å². The summed E-state index contributed by atoms with van der Waals surface area (Å²) in [5.74, 6) is -1.06. The number of hydrogen-bond acceptors (Lipinski definition) is 7. The van der Waals surface area contributed by atoms with Crippen LogP contribution in [0.2, 0.25) is 0 Å². The Morgan fingerprint density at radius 1 is 1.14 bits per heavy atom. The summed E-state index contributed by atoms with van der Waals surface area (Å²) in [6, 6.07) is 12.7. The molecule has 4 atom stereocenters. The maximum Gasteiger partial charge on any atom is 0.408 e. The Labute approximate surface area is 208 Å². The minimum Gasteiger partial charge on any atom is -0.497 e. The highest BCUT2D eigenvalue weighted by molar-refractivity contribution is 5.96. The van der Waals surface area contributed by atoms with E-state index in [4.69, 9.17) is 18.9 Å². The van der Waals surface area contributed by atoms with E-state index in [0.717, 1.165) is 0 Å². The summed E-state index contributed by atoms with van der Waals surface area (Å²) in [7, 11) is 1.53. The van der Waals surface area contributed by atoms with Crippen molar-refractivity contribution >= 4 is 18.0 Å². The van der Waals surface area contributed by atoms with Gasteiger partial charge in [0.1, 0.15) is 12.4 Å². The number of amides is 2. The summed E-state index contributed by atoms with van der Waals surface area (Å²) in [5.41, 5.74) is 1.45. The zero-order valence-corrected chi connectivity index (χ0v) is 20.3. The van der Waals surface area contributed by atoms with Gasteiger partial charge in [-0.3, -0.25) is 9.69 Å². The molecule has 0 radical (unpaired) electrons. The quantitative estimate of drug-likeness (QED) is 0.165. The van der Waals surface area contributed by atoms with Crippen LogP contribution in [-0.4, -0.2) is 55.0 Å². The molecule has 0 bridgehead atoms. The minimum atomic E-state index is -1.98. The lowest BCUT2D eigenvalue weighted by atomic mass is 9.98. The van der Waals surface area contributed by atoms with Gasteiger partial charge < -0.3 is 24.3 Å². The number of nitrogens with one attached hydrogen (secondary N) is 1. The van der Waals surface area contributed by atoms with E-state index in [0.29, 0.717) is 21.8 Å². The van der Waals surface area contributed by atoms with Crippen LogP contribution in [0.25, 0.3) is 0 Å². The summed E-state index contributed by atoms with van der Waals surface area (Å²) < 4.78 is 36.1. The lowest BCUT2D eigenvalue weighted by Gasteiger charge is -2.45. The predicted octanol–water partition coefficient (Wildman–Crippen LogP) is 3.65. The number of β-lactam (4-membered cyclic amide) rings is 1. The first-order chi connectivity index (χ1) is 17.3. The molecule has 1 saturated heterocycles. The Hall–Kier alpha value is -3.92. The Bertz CT molecular complexity index is 1080. The van der Waals surface area contributed by atoms with Gasteiger partial charge in [0.25, 0.3) is 5.91 Å². The smallest absolute Gasteiger partial charge is 0.408 e. The minimum absolute atomic E-state index is 0.0869. The normalized spacial score (nSPS) is 18.4. The van der Waals surface area contributed by atoms with Crippen LogP contribution in [0.4, 0.5) is 9.18 Å². The zero-order chi connectivity index (χ0) is 26.2. The van der Waals surface area contributed by atoms with Crippen molar-refractivity contribution in [2.75, 3.05) is 13.7 Å². The Kier molecular flexibility index (Phi) is 9.02. The van der Waals surface area contributed by atoms with E-state index in [9.17, 15) is 14.4 Å². The largest absolute Gasteiger partial charge is 0.497 e. The number of likely N-dealkylation sites (tertiary alicyclic amines) is 1. The number of alkyl carbamates (subject to hydrolysis) is 1. The molecule has 1 aliphatic heterocycles. The SMILES string of the molecule is C=C(C)C(C(=O)OC(OCC)c1ccccc1)N1C(=O)C(NC(=O)OCc2ccc(OC)cc2)C1F. The number of hydrogen-bond donors (Lipinski definition) is 1. The van der Waals surface area contributed by atoms with Gasteiger partial charge in [0.2, 0.25) is 12.6 Å². The van der Waals surface area contributed by atoms with Crippen molar-refractivity contribution in [3.8, 4) is 5.75 Å². The summed E-state index contributed by atoms with van der Waals surface area (Å²) in [5, 5.41) is 2.20. The van der Waals surface area contributed by atoms with E-state index in [1.54, 1.807) is 61.5 Å². The van der Waals surface area contributed by atoms with Gasteiger partial charge in [-0.1, -0.05) is 49.0 Å². The Morgan fingerprint density at radius 3 is 2.36 bits per heavy atom. The fraction of sp³-hybridized carbons (Fsp3) is 0.346. The molecule has 36 heavy (non-hydrogen) atoms. The molecule has 2 aromatic rings. The highest BCUT2D eigenvalue weighted by Gasteiger charge is 2.54. The number of nitrogens with zero attached hydrogens (tertiary/aromatic N) is 1. The van der Waals surface area contributed by atoms with Gasteiger partial charge in [0.15, 0.2) is 12.1 Å². The molecular formula is C26H29FN2O7. The van der Waals surface area contributed by atoms with E-state index in [1.165, 1.54) is 14.0 Å². The van der Waals surface area contributed by atoms with E-state index in [-0.39, 0.29) is 18.8 Å². The van der Waals surface area contributed by atoms with Gasteiger partial charge in [-0.05, 0) is 37.1 Å². The fourth-order valence-electron chi connectivity index (χ4n) is 3.60. The first-order valence-corrected chi connectivity index (χ1v) is 11.3. The van der Waals surface area contributed by atoms with Crippen LogP contribution in [0.15, 0.2) is 66.7 Å². The molecule has 9 nitrogen and oxygen atoms in total. The average Bonchev–Trinajstić information content (AvgIpc) is 2.89. The molecule has 1 heterocycles. The Morgan fingerprint density at radius 2 is 1.81 bits per heavy atom. The van der Waals surface area contributed by atoms with Crippen molar-refractivity contribution in [2.24, 2.45) is 0 Å². The molecule has 192 valence electrons. The van der Waals surface area contributed by atoms with Gasteiger partial charge in [-0.15, -0.1) is 0 Å². The standard InChI is InChI=1S/C26H29FN2O7/c1-5-34-25(18-9-7-6-8-10-18)36-24(31)21(16(2)3)29-22(27)20(23(29)30)28-26(32)35-15-17-11-13-19(33-4)14-12-17/h6-14,20-22,25H,2,5,15H2,1,3-4H3,(H,28,32). The van der Waals surface area contributed by atoms with Crippen LogP contribution in [-0.2, 0) is 30.4 Å². The van der Waals surface area contributed by atoms with Gasteiger partial charge in [-0.2, -0.15) is 0 Å². The highest BCUT2D eigenvalue weighted by Crippen LogP contribution is 2.30. The number of esters is 1. The van der Waals surface area contributed by atoms with Crippen LogP contribution >= 0.6 is 0 Å². The maximum atomic E-state index is 15.0. The van der Waals surface area contributed by atoms with Crippen LogP contribution in [0.5, 0.6) is 5.75 Å². The third-order valence-electron chi connectivity index (χ3n) is 5.44. The summed E-state index contributed by atoms with van der Waals surface area (Å²) in [4.78, 5) is 38.5. The molecule has 1 fully saturated rings. The fourth-order valence-corrected chi connectivity index (χ4v) is 3.60. The second-order valence-electron chi connectivity index (χ2n) is 8.05. The molecule has 1 N–H and O–H groups in total. The molecule has 0 spiro atoms. The molecule has 0 saturated carbocycles. The highest BCUT2D eigenvalue weighted by atomic mass is 19.1. The number of rotatable bonds is 11. The van der Waals surface area contributed by atoms with Crippen molar-refractivity contribution in [3.05, 3.63) is 77.9 Å². The molecule has 3 rings (SSSR count). The molecule has 2 aromatic carbocycles. The third-order valence-corrected chi connectivity index (χ3v) is 5.44. The predicted molar refractivity (Wildman–Crippen MR) is 127 cm³/mol. The van der Waals surface area contributed by atoms with Crippen molar-refractivity contribution in [1.29, 1.82) is 0 Å². The molecule has 1 aliphatic rings. The van der Waals surface area contributed by atoms with Gasteiger partial charge >= 0.3 is 12.1 Å². The van der Waals surface area contributed by atoms with Gasteiger partial charge in [-0.25, -0.2) is 14.0 Å². The summed E-state index contributed by atoms with van der Waals surface area (Å²) >= 11 is 0. The number of carbonyl (C=O) groups excluding carboxylic acids is 3.